The van der Waals surface area contributed by atoms with Crippen LogP contribution in [-0.4, -0.2) is 19.6 Å². The molecule has 0 bridgehead atoms. The van der Waals surface area contributed by atoms with Gasteiger partial charge in [-0.15, -0.1) is 0 Å². The average Bonchev–Trinajstić information content (AvgIpc) is 2.68. The summed E-state index contributed by atoms with van der Waals surface area (Å²) in [6.45, 7) is 4.60. The highest BCUT2D eigenvalue weighted by molar-refractivity contribution is 7.80. The molecule has 0 heterocycles. The van der Waals surface area contributed by atoms with E-state index in [1.165, 1.54) is 103 Å². The molecular weight excluding hydrogens is 384 g/mol. The van der Waals surface area contributed by atoms with Crippen LogP contribution in [0, 0.1) is 5.92 Å². The Kier molecular flexibility index (Phi) is 21.0. The molecule has 0 aromatic heterocycles. The first-order valence-corrected chi connectivity index (χ1v) is 14.0. The molecule has 0 aromatic rings. The fraction of sp³-hybridized carbons (Fsp3) is 1.00. The molecule has 0 fully saturated rings. The van der Waals surface area contributed by atoms with Gasteiger partial charge in [-0.1, -0.05) is 129 Å². The summed E-state index contributed by atoms with van der Waals surface area (Å²) in [7, 11) is -4.32. The van der Waals surface area contributed by atoms with Crippen molar-refractivity contribution in [2.45, 2.75) is 142 Å². The van der Waals surface area contributed by atoms with E-state index in [4.69, 9.17) is 4.55 Å². The second-order valence-electron chi connectivity index (χ2n) is 8.81. The van der Waals surface area contributed by atoms with Crippen LogP contribution in [0.15, 0.2) is 0 Å². The summed E-state index contributed by atoms with van der Waals surface area (Å²) in [5.41, 5.74) is 0. The minimum absolute atomic E-state index is 0.130. The second-order valence-corrected chi connectivity index (χ2v) is 9.90. The summed E-state index contributed by atoms with van der Waals surface area (Å²) in [6.07, 6.45) is 25.5. The lowest BCUT2D eigenvalue weighted by molar-refractivity contribution is 0.204. The molecule has 0 amide bonds. The average molecular weight is 435 g/mol. The van der Waals surface area contributed by atoms with Crippen molar-refractivity contribution >= 4 is 10.4 Å². The molecule has 0 aliphatic rings. The third kappa shape index (κ3) is 24.0. The molecule has 1 unspecified atom stereocenters. The standard InChI is InChI=1S/C24H50O4S/c1-3-5-7-9-10-11-12-13-14-15-16-18-20-22-24(23-28-29(25,26)27)21-19-17-8-6-4-2/h24H,3-23H2,1-2H3,(H,25,26,27). The third-order valence-corrected chi connectivity index (χ3v) is 6.32. The lowest BCUT2D eigenvalue weighted by Gasteiger charge is -2.16. The van der Waals surface area contributed by atoms with E-state index in [1.807, 2.05) is 0 Å². The maximum Gasteiger partial charge on any atom is 0.397 e. The van der Waals surface area contributed by atoms with Crippen LogP contribution in [0.25, 0.3) is 0 Å². The van der Waals surface area contributed by atoms with Crippen LogP contribution in [0.1, 0.15) is 142 Å². The molecule has 5 heteroatoms. The Labute approximate surface area is 182 Å². The van der Waals surface area contributed by atoms with Gasteiger partial charge in [0.1, 0.15) is 0 Å². The molecule has 0 saturated heterocycles. The first kappa shape index (κ1) is 28.9. The molecule has 29 heavy (non-hydrogen) atoms. The van der Waals surface area contributed by atoms with Crippen molar-refractivity contribution in [1.29, 1.82) is 0 Å². The van der Waals surface area contributed by atoms with E-state index < -0.39 is 10.4 Å². The van der Waals surface area contributed by atoms with E-state index in [9.17, 15) is 8.42 Å². The fourth-order valence-corrected chi connectivity index (χ4v) is 4.34. The van der Waals surface area contributed by atoms with E-state index in [-0.39, 0.29) is 12.5 Å². The smallest absolute Gasteiger partial charge is 0.264 e. The van der Waals surface area contributed by atoms with Crippen LogP contribution in [-0.2, 0) is 14.6 Å². The van der Waals surface area contributed by atoms with Crippen LogP contribution in [0.3, 0.4) is 0 Å². The SMILES string of the molecule is CCCCCCCCCCCCCCCC(CCCCCCC)COS(=O)(=O)O. The number of unbranched alkanes of at least 4 members (excludes halogenated alkanes) is 16. The Morgan fingerprint density at radius 2 is 0.897 bits per heavy atom. The van der Waals surface area contributed by atoms with Gasteiger partial charge in [0.15, 0.2) is 0 Å². The highest BCUT2D eigenvalue weighted by Gasteiger charge is 2.13. The Hall–Kier alpha value is -0.130. The van der Waals surface area contributed by atoms with Crippen molar-refractivity contribution < 1.29 is 17.2 Å². The van der Waals surface area contributed by atoms with Gasteiger partial charge in [-0.25, -0.2) is 4.18 Å². The summed E-state index contributed by atoms with van der Waals surface area (Å²) >= 11 is 0. The van der Waals surface area contributed by atoms with Gasteiger partial charge in [0.05, 0.1) is 6.61 Å². The van der Waals surface area contributed by atoms with Gasteiger partial charge in [0.2, 0.25) is 0 Å². The summed E-state index contributed by atoms with van der Waals surface area (Å²) in [5, 5.41) is 0. The molecule has 0 aliphatic carbocycles. The zero-order chi connectivity index (χ0) is 21.6. The molecule has 0 radical (unpaired) electrons. The largest absolute Gasteiger partial charge is 0.397 e. The molecule has 0 rings (SSSR count). The topological polar surface area (TPSA) is 63.6 Å². The van der Waals surface area contributed by atoms with Crippen LogP contribution < -0.4 is 0 Å². The van der Waals surface area contributed by atoms with E-state index in [1.54, 1.807) is 0 Å². The summed E-state index contributed by atoms with van der Waals surface area (Å²) in [5.74, 6) is 0.242. The molecule has 1 atom stereocenters. The van der Waals surface area contributed by atoms with E-state index in [0.29, 0.717) is 0 Å². The van der Waals surface area contributed by atoms with Gasteiger partial charge in [-0.3, -0.25) is 4.55 Å². The van der Waals surface area contributed by atoms with Gasteiger partial charge in [-0.2, -0.15) is 8.42 Å². The quantitative estimate of drug-likeness (QED) is 0.130. The summed E-state index contributed by atoms with van der Waals surface area (Å²) in [6, 6.07) is 0. The van der Waals surface area contributed by atoms with E-state index >= 15 is 0 Å². The highest BCUT2D eigenvalue weighted by atomic mass is 32.3. The maximum atomic E-state index is 10.9. The van der Waals surface area contributed by atoms with Crippen LogP contribution in [0.2, 0.25) is 0 Å². The van der Waals surface area contributed by atoms with Gasteiger partial charge >= 0.3 is 10.4 Å². The summed E-state index contributed by atoms with van der Waals surface area (Å²) in [4.78, 5) is 0. The molecule has 0 aliphatic heterocycles. The highest BCUT2D eigenvalue weighted by Crippen LogP contribution is 2.20. The molecule has 0 aromatic carbocycles. The monoisotopic (exact) mass is 434 g/mol. The van der Waals surface area contributed by atoms with Crippen molar-refractivity contribution in [3.8, 4) is 0 Å². The molecule has 1 N–H and O–H groups in total. The van der Waals surface area contributed by atoms with Crippen molar-refractivity contribution in [1.82, 2.24) is 0 Å². The van der Waals surface area contributed by atoms with Gasteiger partial charge in [-0.05, 0) is 18.8 Å². The maximum absolute atomic E-state index is 10.9. The number of hydrogen-bond donors (Lipinski definition) is 1. The Morgan fingerprint density at radius 3 is 1.21 bits per heavy atom. The third-order valence-electron chi connectivity index (χ3n) is 5.88. The normalized spacial score (nSPS) is 13.1. The second kappa shape index (κ2) is 21.1. The summed E-state index contributed by atoms with van der Waals surface area (Å²) < 4.78 is 35.2. The van der Waals surface area contributed by atoms with Crippen LogP contribution >= 0.6 is 0 Å². The van der Waals surface area contributed by atoms with E-state index in [2.05, 4.69) is 18.0 Å². The van der Waals surface area contributed by atoms with Crippen LogP contribution in [0.5, 0.6) is 0 Å². The van der Waals surface area contributed by atoms with Gasteiger partial charge < -0.3 is 0 Å². The minimum Gasteiger partial charge on any atom is -0.264 e. The zero-order valence-corrected chi connectivity index (χ0v) is 20.3. The van der Waals surface area contributed by atoms with Crippen molar-refractivity contribution in [2.75, 3.05) is 6.61 Å². The van der Waals surface area contributed by atoms with Gasteiger partial charge in [0.25, 0.3) is 0 Å². The number of hydrogen-bond acceptors (Lipinski definition) is 3. The molecule has 176 valence electrons. The van der Waals surface area contributed by atoms with Crippen molar-refractivity contribution in [3.05, 3.63) is 0 Å². The zero-order valence-electron chi connectivity index (χ0n) is 19.5. The molecule has 0 spiro atoms. The predicted molar refractivity (Wildman–Crippen MR) is 125 cm³/mol. The van der Waals surface area contributed by atoms with Crippen LogP contribution in [0.4, 0.5) is 0 Å². The molecule has 4 nitrogen and oxygen atoms in total. The number of rotatable bonds is 23. The lowest BCUT2D eigenvalue weighted by atomic mass is 9.95. The Balaban J connectivity index is 3.67. The predicted octanol–water partition coefficient (Wildman–Crippen LogP) is 8.26. The molecular formula is C24H50O4S. The Bertz CT molecular complexity index is 423. The van der Waals surface area contributed by atoms with Gasteiger partial charge in [0, 0.05) is 0 Å². The lowest BCUT2D eigenvalue weighted by Crippen LogP contribution is -2.14. The fourth-order valence-electron chi connectivity index (χ4n) is 3.98. The Morgan fingerprint density at radius 1 is 0.586 bits per heavy atom. The van der Waals surface area contributed by atoms with Crippen molar-refractivity contribution in [3.63, 3.8) is 0 Å². The first-order valence-electron chi connectivity index (χ1n) is 12.6. The van der Waals surface area contributed by atoms with E-state index in [0.717, 1.165) is 25.7 Å². The van der Waals surface area contributed by atoms with Crippen molar-refractivity contribution in [2.24, 2.45) is 5.92 Å². The molecule has 0 saturated carbocycles. The minimum atomic E-state index is -4.32. The first-order chi connectivity index (χ1) is 14.0.